The van der Waals surface area contributed by atoms with E-state index < -0.39 is 35.0 Å². The second-order valence-electron chi connectivity index (χ2n) is 8.20. The number of benzene rings is 2. The molecule has 0 radical (unpaired) electrons. The van der Waals surface area contributed by atoms with Crippen LogP contribution in [-0.4, -0.2) is 41.5 Å². The molecule has 1 N–H and O–H groups in total. The van der Waals surface area contributed by atoms with Crippen LogP contribution < -0.4 is 10.1 Å². The summed E-state index contributed by atoms with van der Waals surface area (Å²) >= 11 is 1.08. The van der Waals surface area contributed by atoms with E-state index in [2.05, 4.69) is 10.3 Å². The average molecular weight is 533 g/mol. The van der Waals surface area contributed by atoms with Crippen molar-refractivity contribution in [2.45, 2.75) is 25.4 Å². The van der Waals surface area contributed by atoms with Gasteiger partial charge in [0.05, 0.1) is 22.1 Å². The lowest BCUT2D eigenvalue weighted by Gasteiger charge is -2.14. The molecule has 192 valence electrons. The fourth-order valence-corrected chi connectivity index (χ4v) is 4.60. The van der Waals surface area contributed by atoms with Gasteiger partial charge >= 0.3 is 6.18 Å². The molecule has 2 saturated heterocycles. The van der Waals surface area contributed by atoms with Crippen LogP contribution in [0.15, 0.2) is 46.3 Å². The third-order valence-corrected chi connectivity index (χ3v) is 6.50. The Bertz CT molecular complexity index is 1330. The number of amides is 2. The van der Waals surface area contributed by atoms with Gasteiger partial charge in [-0.1, -0.05) is 6.07 Å². The van der Waals surface area contributed by atoms with Crippen molar-refractivity contribution in [2.24, 2.45) is 4.99 Å². The van der Waals surface area contributed by atoms with E-state index in [1.54, 1.807) is 11.0 Å². The quantitative estimate of drug-likeness (QED) is 0.305. The molecule has 0 spiro atoms. The summed E-state index contributed by atoms with van der Waals surface area (Å²) in [5.41, 5.74) is -1.11. The first-order valence-corrected chi connectivity index (χ1v) is 12.1. The van der Waals surface area contributed by atoms with Crippen LogP contribution in [0.2, 0.25) is 0 Å². The molecule has 2 fully saturated rings. The first kappa shape index (κ1) is 26.2. The molecule has 37 heavy (non-hydrogen) atoms. The van der Waals surface area contributed by atoms with Crippen LogP contribution in [0.3, 0.4) is 0 Å². The van der Waals surface area contributed by atoms with Gasteiger partial charge in [0, 0.05) is 26.1 Å². The molecule has 0 atom stereocenters. The van der Waals surface area contributed by atoms with E-state index in [1.807, 2.05) is 0 Å². The van der Waals surface area contributed by atoms with E-state index in [0.29, 0.717) is 42.7 Å². The van der Waals surface area contributed by atoms with Crippen molar-refractivity contribution in [1.82, 2.24) is 10.2 Å². The number of aliphatic imine (C=N–C) groups is 1. The number of ether oxygens (including phenoxy) is 1. The fraction of sp³-hybridized carbons (Fsp3) is 0.280. The summed E-state index contributed by atoms with van der Waals surface area (Å²) < 4.78 is 59.9. The fourth-order valence-electron chi connectivity index (χ4n) is 3.75. The second kappa shape index (κ2) is 11.0. The highest BCUT2D eigenvalue weighted by atomic mass is 32.2. The maximum Gasteiger partial charge on any atom is 0.420 e. The number of hydrogen-bond acceptors (Lipinski definition) is 6. The summed E-state index contributed by atoms with van der Waals surface area (Å²) in [4.78, 5) is 30.3. The Morgan fingerprint density at radius 2 is 1.97 bits per heavy atom. The first-order chi connectivity index (χ1) is 17.6. The van der Waals surface area contributed by atoms with Gasteiger partial charge < -0.3 is 15.0 Å². The monoisotopic (exact) mass is 532 g/mol. The predicted molar refractivity (Wildman–Crippen MR) is 129 cm³/mol. The van der Waals surface area contributed by atoms with Crippen LogP contribution in [-0.2, 0) is 15.8 Å². The molecule has 12 heteroatoms. The zero-order valence-corrected chi connectivity index (χ0v) is 20.1. The summed E-state index contributed by atoms with van der Waals surface area (Å²) in [6.45, 7) is 1.79. The molecule has 2 aliphatic heterocycles. The minimum atomic E-state index is -4.80. The second-order valence-corrected chi connectivity index (χ2v) is 9.23. The van der Waals surface area contributed by atoms with Crippen molar-refractivity contribution in [3.63, 3.8) is 0 Å². The molecule has 0 bridgehead atoms. The van der Waals surface area contributed by atoms with E-state index in [-0.39, 0.29) is 16.4 Å². The van der Waals surface area contributed by atoms with Crippen molar-refractivity contribution in [3.05, 3.63) is 63.8 Å². The van der Waals surface area contributed by atoms with Crippen LogP contribution in [0.25, 0.3) is 6.08 Å². The number of halogens is 4. The number of hydrogen-bond donors (Lipinski definition) is 1. The van der Waals surface area contributed by atoms with Crippen molar-refractivity contribution >= 4 is 34.8 Å². The molecule has 2 heterocycles. The first-order valence-electron chi connectivity index (χ1n) is 11.3. The van der Waals surface area contributed by atoms with Crippen molar-refractivity contribution in [1.29, 1.82) is 5.26 Å². The molecule has 2 aromatic carbocycles. The van der Waals surface area contributed by atoms with Crippen molar-refractivity contribution in [3.8, 4) is 17.6 Å². The molecule has 0 aromatic heterocycles. The molecular weight excluding hydrogens is 512 g/mol. The molecule has 4 rings (SSSR count). The highest BCUT2D eigenvalue weighted by Crippen LogP contribution is 2.39. The lowest BCUT2D eigenvalue weighted by molar-refractivity contribution is -0.138. The highest BCUT2D eigenvalue weighted by molar-refractivity contribution is 8.18. The molecule has 2 aromatic rings. The van der Waals surface area contributed by atoms with Crippen LogP contribution in [0.5, 0.6) is 11.5 Å². The largest absolute Gasteiger partial charge is 0.454 e. The van der Waals surface area contributed by atoms with E-state index >= 15 is 0 Å². The smallest absolute Gasteiger partial charge is 0.420 e. The van der Waals surface area contributed by atoms with E-state index in [0.717, 1.165) is 49.0 Å². The predicted octanol–water partition coefficient (Wildman–Crippen LogP) is 5.08. The standard InChI is InChI=1S/C25H20F4N4O3S/c26-18-12-15(4-7-20(18)36-19-6-5-16(14-30)11-17(19)25(27,28)29)13-21-23(35)32-24(37-21)31-8-2-10-33-9-1-3-22(33)34/h4-7,11-13H,1-3,8-10H2,(H,31,32,35)/b21-13-. The van der Waals surface area contributed by atoms with Gasteiger partial charge in [0.1, 0.15) is 5.75 Å². The van der Waals surface area contributed by atoms with Crippen LogP contribution in [0.1, 0.15) is 36.0 Å². The lowest BCUT2D eigenvalue weighted by Crippen LogP contribution is -2.26. The van der Waals surface area contributed by atoms with Gasteiger partial charge in [-0.3, -0.25) is 14.6 Å². The maximum absolute atomic E-state index is 14.7. The number of likely N-dealkylation sites (tertiary alicyclic amines) is 1. The van der Waals surface area contributed by atoms with Gasteiger partial charge in [-0.05, 0) is 66.6 Å². The molecule has 0 aliphatic carbocycles. The Kier molecular flexibility index (Phi) is 7.83. The molecule has 2 aliphatic rings. The number of carbonyl (C=O) groups is 2. The van der Waals surface area contributed by atoms with Crippen molar-refractivity contribution < 1.29 is 31.9 Å². The minimum Gasteiger partial charge on any atom is -0.454 e. The number of nitrogens with zero attached hydrogens (tertiary/aromatic N) is 3. The minimum absolute atomic E-state index is 0.141. The van der Waals surface area contributed by atoms with Gasteiger partial charge in [0.15, 0.2) is 16.7 Å². The Labute approximate surface area is 213 Å². The number of thioether (sulfide) groups is 1. The topological polar surface area (TPSA) is 94.8 Å². The average Bonchev–Trinajstić information content (AvgIpc) is 3.42. The number of carbonyl (C=O) groups excluding carboxylic acids is 2. The summed E-state index contributed by atoms with van der Waals surface area (Å²) in [6, 6.07) is 7.95. The molecule has 0 unspecified atom stereocenters. The Balaban J connectivity index is 1.41. The zero-order chi connectivity index (χ0) is 26.6. The molecule has 7 nitrogen and oxygen atoms in total. The Morgan fingerprint density at radius 3 is 2.65 bits per heavy atom. The molecule has 0 saturated carbocycles. The zero-order valence-electron chi connectivity index (χ0n) is 19.3. The van der Waals surface area contributed by atoms with Crippen molar-refractivity contribution in [2.75, 3.05) is 19.6 Å². The molecule has 2 amide bonds. The summed E-state index contributed by atoms with van der Waals surface area (Å²) in [7, 11) is 0. The Hall–Kier alpha value is -3.85. The number of amidine groups is 1. The Morgan fingerprint density at radius 1 is 1.19 bits per heavy atom. The van der Waals surface area contributed by atoms with E-state index in [1.165, 1.54) is 12.1 Å². The van der Waals surface area contributed by atoms with Crippen LogP contribution in [0, 0.1) is 17.1 Å². The normalized spacial score (nSPS) is 18.0. The van der Waals surface area contributed by atoms with Gasteiger partial charge in [-0.15, -0.1) is 0 Å². The summed E-state index contributed by atoms with van der Waals surface area (Å²) in [6.07, 6.45) is -1.27. The van der Waals surface area contributed by atoms with Gasteiger partial charge in [-0.25, -0.2) is 4.39 Å². The number of alkyl halides is 3. The van der Waals surface area contributed by atoms with Crippen LogP contribution >= 0.6 is 11.8 Å². The lowest BCUT2D eigenvalue weighted by atomic mass is 10.1. The molecular formula is C25H20F4N4O3S. The van der Waals surface area contributed by atoms with Gasteiger partial charge in [-0.2, -0.15) is 18.4 Å². The summed E-state index contributed by atoms with van der Waals surface area (Å²) in [5.74, 6) is -2.29. The third kappa shape index (κ3) is 6.48. The number of nitriles is 1. The highest BCUT2D eigenvalue weighted by Gasteiger charge is 2.35. The maximum atomic E-state index is 14.7. The van der Waals surface area contributed by atoms with E-state index in [4.69, 9.17) is 10.00 Å². The SMILES string of the molecule is N#Cc1ccc(Oc2ccc(/C=C3\SC(=NCCCN4CCCC4=O)NC3=O)cc2F)c(C(F)(F)F)c1. The van der Waals surface area contributed by atoms with Gasteiger partial charge in [0.25, 0.3) is 5.91 Å². The third-order valence-electron chi connectivity index (χ3n) is 5.55. The van der Waals surface area contributed by atoms with Gasteiger partial charge in [0.2, 0.25) is 5.91 Å². The van der Waals surface area contributed by atoms with Crippen LogP contribution in [0.4, 0.5) is 17.6 Å². The van der Waals surface area contributed by atoms with E-state index in [9.17, 15) is 27.2 Å². The summed E-state index contributed by atoms with van der Waals surface area (Å²) in [5, 5.41) is 11.9. The number of rotatable bonds is 7. The number of nitrogens with one attached hydrogen (secondary N) is 1.